The molecular weight excluding hydrogens is 252 g/mol. The van der Waals surface area contributed by atoms with E-state index in [2.05, 4.69) is 0 Å². The van der Waals surface area contributed by atoms with Gasteiger partial charge < -0.3 is 18.9 Å². The van der Waals surface area contributed by atoms with E-state index in [0.29, 0.717) is 26.2 Å². The Morgan fingerprint density at radius 1 is 0.947 bits per heavy atom. The number of ether oxygens (including phenoxy) is 4. The minimum Gasteiger partial charge on any atom is -0.464 e. The largest absolute Gasteiger partial charge is 0.464 e. The second-order valence-corrected chi connectivity index (χ2v) is 4.85. The van der Waals surface area contributed by atoms with Gasteiger partial charge in [-0.2, -0.15) is 0 Å². The molecule has 0 fully saturated rings. The standard InChI is InChI=1S/C13H24O6/c1-5-18-11(14)9-16-7-6-8-17-10-12(15)19-13(2,3)4/h5-10H2,1-4H3. The molecule has 0 spiro atoms. The van der Waals surface area contributed by atoms with Gasteiger partial charge in [-0.05, 0) is 34.1 Å². The summed E-state index contributed by atoms with van der Waals surface area (Å²) in [5.74, 6) is -0.767. The molecule has 0 saturated carbocycles. The highest BCUT2D eigenvalue weighted by atomic mass is 16.6. The summed E-state index contributed by atoms with van der Waals surface area (Å²) in [5.41, 5.74) is -0.497. The first-order chi connectivity index (χ1) is 8.85. The number of esters is 2. The zero-order valence-corrected chi connectivity index (χ0v) is 12.2. The fourth-order valence-electron chi connectivity index (χ4n) is 1.15. The summed E-state index contributed by atoms with van der Waals surface area (Å²) in [6.07, 6.45) is 0.599. The molecule has 0 aliphatic heterocycles. The van der Waals surface area contributed by atoms with Crippen molar-refractivity contribution in [3.05, 3.63) is 0 Å². The third kappa shape index (κ3) is 13.1. The van der Waals surface area contributed by atoms with E-state index in [-0.39, 0.29) is 25.2 Å². The van der Waals surface area contributed by atoms with Crippen LogP contribution in [0.4, 0.5) is 0 Å². The average Bonchev–Trinajstić information content (AvgIpc) is 2.25. The van der Waals surface area contributed by atoms with Crippen LogP contribution in [0.15, 0.2) is 0 Å². The average molecular weight is 276 g/mol. The number of hydrogen-bond donors (Lipinski definition) is 0. The molecule has 0 aliphatic carbocycles. The van der Waals surface area contributed by atoms with Crippen LogP contribution in [-0.4, -0.2) is 50.6 Å². The Morgan fingerprint density at radius 3 is 1.95 bits per heavy atom. The maximum Gasteiger partial charge on any atom is 0.332 e. The normalized spacial score (nSPS) is 11.2. The van der Waals surface area contributed by atoms with Gasteiger partial charge in [0.15, 0.2) is 0 Å². The van der Waals surface area contributed by atoms with E-state index < -0.39 is 5.60 Å². The molecule has 0 aromatic carbocycles. The Kier molecular flexibility index (Phi) is 9.16. The molecule has 0 amide bonds. The molecule has 0 atom stereocenters. The van der Waals surface area contributed by atoms with Crippen molar-refractivity contribution < 1.29 is 28.5 Å². The van der Waals surface area contributed by atoms with E-state index in [0.717, 1.165) is 0 Å². The Balaban J connectivity index is 3.36. The first kappa shape index (κ1) is 17.9. The van der Waals surface area contributed by atoms with Crippen molar-refractivity contribution in [1.29, 1.82) is 0 Å². The predicted molar refractivity (Wildman–Crippen MR) is 68.7 cm³/mol. The summed E-state index contributed by atoms with van der Waals surface area (Å²) >= 11 is 0. The van der Waals surface area contributed by atoms with Gasteiger partial charge in [0.25, 0.3) is 0 Å². The number of carbonyl (C=O) groups excluding carboxylic acids is 2. The van der Waals surface area contributed by atoms with Crippen LogP contribution < -0.4 is 0 Å². The van der Waals surface area contributed by atoms with Gasteiger partial charge in [0, 0.05) is 13.2 Å². The Labute approximate surface area is 114 Å². The highest BCUT2D eigenvalue weighted by molar-refractivity contribution is 5.71. The van der Waals surface area contributed by atoms with Crippen LogP contribution in [0.2, 0.25) is 0 Å². The number of carbonyl (C=O) groups is 2. The third-order valence-electron chi connectivity index (χ3n) is 1.74. The molecule has 0 rings (SSSR count). The molecule has 0 aliphatic rings. The second-order valence-electron chi connectivity index (χ2n) is 4.85. The molecule has 0 aromatic rings. The van der Waals surface area contributed by atoms with Crippen LogP contribution >= 0.6 is 0 Å². The minimum atomic E-state index is -0.497. The van der Waals surface area contributed by atoms with E-state index in [1.54, 1.807) is 27.7 Å². The fraction of sp³-hybridized carbons (Fsp3) is 0.846. The summed E-state index contributed by atoms with van der Waals surface area (Å²) in [7, 11) is 0. The van der Waals surface area contributed by atoms with Gasteiger partial charge >= 0.3 is 11.9 Å². The first-order valence-corrected chi connectivity index (χ1v) is 6.38. The van der Waals surface area contributed by atoms with Crippen LogP contribution in [0.3, 0.4) is 0 Å². The van der Waals surface area contributed by atoms with Gasteiger partial charge in [-0.3, -0.25) is 0 Å². The fourth-order valence-corrected chi connectivity index (χ4v) is 1.15. The summed E-state index contributed by atoms with van der Waals surface area (Å²) in [5, 5.41) is 0. The topological polar surface area (TPSA) is 71.1 Å². The summed E-state index contributed by atoms with van der Waals surface area (Å²) in [6, 6.07) is 0. The molecule has 0 N–H and O–H groups in total. The maximum atomic E-state index is 11.3. The predicted octanol–water partition coefficient (Wildman–Crippen LogP) is 1.31. The quantitative estimate of drug-likeness (QED) is 0.467. The molecule has 19 heavy (non-hydrogen) atoms. The SMILES string of the molecule is CCOC(=O)COCCCOCC(=O)OC(C)(C)C. The van der Waals surface area contributed by atoms with E-state index in [9.17, 15) is 9.59 Å². The van der Waals surface area contributed by atoms with Crippen LogP contribution in [0.25, 0.3) is 0 Å². The van der Waals surface area contributed by atoms with Crippen LogP contribution in [0.5, 0.6) is 0 Å². The zero-order valence-electron chi connectivity index (χ0n) is 12.2. The van der Waals surface area contributed by atoms with E-state index in [1.165, 1.54) is 0 Å². The summed E-state index contributed by atoms with van der Waals surface area (Å²) in [6.45, 7) is 8.12. The molecule has 0 unspecified atom stereocenters. The zero-order chi connectivity index (χ0) is 14.7. The molecule has 6 nitrogen and oxygen atoms in total. The lowest BCUT2D eigenvalue weighted by Crippen LogP contribution is -2.26. The van der Waals surface area contributed by atoms with E-state index >= 15 is 0 Å². The summed E-state index contributed by atoms with van der Waals surface area (Å²) < 4.78 is 19.9. The third-order valence-corrected chi connectivity index (χ3v) is 1.74. The lowest BCUT2D eigenvalue weighted by Gasteiger charge is -2.19. The molecule has 0 radical (unpaired) electrons. The lowest BCUT2D eigenvalue weighted by molar-refractivity contribution is -0.160. The van der Waals surface area contributed by atoms with Gasteiger partial charge in [-0.1, -0.05) is 0 Å². The first-order valence-electron chi connectivity index (χ1n) is 6.38. The van der Waals surface area contributed by atoms with Crippen LogP contribution in [-0.2, 0) is 28.5 Å². The highest BCUT2D eigenvalue weighted by Crippen LogP contribution is 2.06. The molecule has 0 heterocycles. The number of rotatable bonds is 9. The Bertz CT molecular complexity index is 269. The monoisotopic (exact) mass is 276 g/mol. The molecule has 0 saturated heterocycles. The van der Waals surface area contributed by atoms with Gasteiger partial charge in [0.2, 0.25) is 0 Å². The minimum absolute atomic E-state index is 0.0556. The van der Waals surface area contributed by atoms with Crippen molar-refractivity contribution in [1.82, 2.24) is 0 Å². The van der Waals surface area contributed by atoms with E-state index in [4.69, 9.17) is 18.9 Å². The molecule has 6 heteroatoms. The van der Waals surface area contributed by atoms with Crippen molar-refractivity contribution >= 4 is 11.9 Å². The highest BCUT2D eigenvalue weighted by Gasteiger charge is 2.15. The van der Waals surface area contributed by atoms with Crippen molar-refractivity contribution in [2.45, 2.75) is 39.7 Å². The van der Waals surface area contributed by atoms with Crippen molar-refractivity contribution in [3.8, 4) is 0 Å². The molecule has 0 aromatic heterocycles. The van der Waals surface area contributed by atoms with Crippen LogP contribution in [0, 0.1) is 0 Å². The molecule has 112 valence electrons. The smallest absolute Gasteiger partial charge is 0.332 e. The van der Waals surface area contributed by atoms with Crippen LogP contribution in [0.1, 0.15) is 34.1 Å². The Hall–Kier alpha value is -1.14. The molecule has 0 bridgehead atoms. The van der Waals surface area contributed by atoms with Gasteiger partial charge in [0.1, 0.15) is 18.8 Å². The van der Waals surface area contributed by atoms with Crippen molar-refractivity contribution in [2.75, 3.05) is 33.0 Å². The van der Waals surface area contributed by atoms with E-state index in [1.807, 2.05) is 0 Å². The van der Waals surface area contributed by atoms with Gasteiger partial charge in [-0.15, -0.1) is 0 Å². The number of hydrogen-bond acceptors (Lipinski definition) is 6. The van der Waals surface area contributed by atoms with Crippen molar-refractivity contribution in [2.24, 2.45) is 0 Å². The Morgan fingerprint density at radius 2 is 1.47 bits per heavy atom. The van der Waals surface area contributed by atoms with Crippen molar-refractivity contribution in [3.63, 3.8) is 0 Å². The lowest BCUT2D eigenvalue weighted by atomic mass is 10.2. The summed E-state index contributed by atoms with van der Waals surface area (Å²) in [4.78, 5) is 22.2. The second kappa shape index (κ2) is 9.75. The van der Waals surface area contributed by atoms with Gasteiger partial charge in [-0.25, -0.2) is 9.59 Å². The van der Waals surface area contributed by atoms with Gasteiger partial charge in [0.05, 0.1) is 6.61 Å². The maximum absolute atomic E-state index is 11.3. The molecular formula is C13H24O6.